The van der Waals surface area contributed by atoms with E-state index in [1.165, 1.54) is 0 Å². The summed E-state index contributed by atoms with van der Waals surface area (Å²) in [6.45, 7) is 6.52. The third-order valence-corrected chi connectivity index (χ3v) is 7.43. The van der Waals surface area contributed by atoms with Gasteiger partial charge in [0.05, 0.1) is 5.25 Å². The van der Waals surface area contributed by atoms with Gasteiger partial charge in [-0.1, -0.05) is 19.0 Å². The average molecular weight is 391 g/mol. The summed E-state index contributed by atoms with van der Waals surface area (Å²) in [5.74, 6) is 2.17. The van der Waals surface area contributed by atoms with Crippen molar-refractivity contribution in [3.8, 4) is 11.5 Å². The zero-order chi connectivity index (χ0) is 19.0. The summed E-state index contributed by atoms with van der Waals surface area (Å²) in [6, 6.07) is 3.78. The van der Waals surface area contributed by atoms with Crippen LogP contribution in [0.3, 0.4) is 0 Å². The van der Waals surface area contributed by atoms with Gasteiger partial charge in [0.1, 0.15) is 5.82 Å². The average Bonchev–Trinajstić information content (AvgIpc) is 3.44. The molecular weight excluding hydrogens is 366 g/mol. The van der Waals surface area contributed by atoms with Gasteiger partial charge in [-0.3, -0.25) is 0 Å². The first-order valence-corrected chi connectivity index (χ1v) is 11.0. The van der Waals surface area contributed by atoms with Crippen LogP contribution in [0.5, 0.6) is 0 Å². The van der Waals surface area contributed by atoms with Crippen molar-refractivity contribution in [3.05, 3.63) is 24.2 Å². The first kappa shape index (κ1) is 18.4. The summed E-state index contributed by atoms with van der Waals surface area (Å²) in [6.07, 6.45) is 4.12. The Hall–Kier alpha value is -2.00. The number of rotatable bonds is 5. The highest BCUT2D eigenvalue weighted by Gasteiger charge is 2.40. The molecule has 1 saturated carbocycles. The Labute approximate surface area is 159 Å². The highest BCUT2D eigenvalue weighted by Crippen LogP contribution is 2.32. The van der Waals surface area contributed by atoms with E-state index in [1.807, 2.05) is 26.0 Å². The van der Waals surface area contributed by atoms with Crippen molar-refractivity contribution in [1.29, 1.82) is 0 Å². The molecule has 0 spiro atoms. The van der Waals surface area contributed by atoms with Gasteiger partial charge in [0.2, 0.25) is 10.0 Å². The smallest absolute Gasteiger partial charge is 0.258 e. The van der Waals surface area contributed by atoms with Crippen LogP contribution >= 0.6 is 0 Å². The normalized spacial score (nSPS) is 19.4. The van der Waals surface area contributed by atoms with Crippen LogP contribution in [-0.2, 0) is 10.0 Å². The summed E-state index contributed by atoms with van der Waals surface area (Å²) in [4.78, 5) is 11.0. The lowest BCUT2D eigenvalue weighted by Gasteiger charge is -2.22. The van der Waals surface area contributed by atoms with E-state index in [0.717, 1.165) is 37.2 Å². The minimum absolute atomic E-state index is 0.154. The maximum absolute atomic E-state index is 12.5. The molecule has 8 nitrogen and oxygen atoms in total. The fraction of sp³-hybridized carbons (Fsp3) is 0.611. The lowest BCUT2D eigenvalue weighted by molar-refractivity contribution is 0.419. The maximum Gasteiger partial charge on any atom is 0.258 e. The van der Waals surface area contributed by atoms with E-state index in [-0.39, 0.29) is 11.2 Å². The molecule has 1 aliphatic heterocycles. The lowest BCUT2D eigenvalue weighted by atomic mass is 10.2. The SMILES string of the molecule is CC(C)c1noc(-c2ccnc(N3CCCN(S(=O)(=O)C4CC4)CC3)c2)n1. The fourth-order valence-corrected chi connectivity index (χ4v) is 5.14. The Balaban J connectivity index is 1.50. The monoisotopic (exact) mass is 391 g/mol. The van der Waals surface area contributed by atoms with Crippen LogP contribution in [-0.4, -0.2) is 59.3 Å². The largest absolute Gasteiger partial charge is 0.355 e. The standard InChI is InChI=1S/C18H25N5O3S/c1-13(2)17-20-18(26-21-17)14-6-7-19-16(12-14)22-8-3-9-23(11-10-22)27(24,25)15-4-5-15/h6-7,12-13,15H,3-5,8-11H2,1-2H3. The van der Waals surface area contributed by atoms with E-state index in [1.54, 1.807) is 10.5 Å². The number of hydrogen-bond acceptors (Lipinski definition) is 7. The molecule has 0 aromatic carbocycles. The Bertz CT molecular complexity index is 907. The summed E-state index contributed by atoms with van der Waals surface area (Å²) in [5.41, 5.74) is 0.825. The number of sulfonamides is 1. The molecule has 3 heterocycles. The van der Waals surface area contributed by atoms with Gasteiger partial charge in [-0.15, -0.1) is 0 Å². The van der Waals surface area contributed by atoms with E-state index in [4.69, 9.17) is 4.52 Å². The molecule has 0 atom stereocenters. The van der Waals surface area contributed by atoms with Crippen molar-refractivity contribution in [2.45, 2.75) is 44.3 Å². The zero-order valence-corrected chi connectivity index (χ0v) is 16.5. The number of anilines is 1. The van der Waals surface area contributed by atoms with Crippen molar-refractivity contribution >= 4 is 15.8 Å². The van der Waals surface area contributed by atoms with Crippen molar-refractivity contribution in [1.82, 2.24) is 19.4 Å². The lowest BCUT2D eigenvalue weighted by Crippen LogP contribution is -2.37. The highest BCUT2D eigenvalue weighted by atomic mass is 32.2. The van der Waals surface area contributed by atoms with Crippen LogP contribution in [0.15, 0.2) is 22.9 Å². The summed E-state index contributed by atoms with van der Waals surface area (Å²) in [5, 5.41) is 3.86. The quantitative estimate of drug-likeness (QED) is 0.772. The maximum atomic E-state index is 12.5. The molecule has 146 valence electrons. The Morgan fingerprint density at radius 1 is 1.19 bits per heavy atom. The summed E-state index contributed by atoms with van der Waals surface area (Å²) in [7, 11) is -3.12. The molecule has 27 heavy (non-hydrogen) atoms. The van der Waals surface area contributed by atoms with E-state index >= 15 is 0 Å². The van der Waals surface area contributed by atoms with Crippen LogP contribution in [0.25, 0.3) is 11.5 Å². The third-order valence-electron chi connectivity index (χ3n) is 5.03. The van der Waals surface area contributed by atoms with Gasteiger partial charge in [0.15, 0.2) is 5.82 Å². The van der Waals surface area contributed by atoms with Crippen LogP contribution < -0.4 is 4.90 Å². The van der Waals surface area contributed by atoms with Crippen LogP contribution in [0.4, 0.5) is 5.82 Å². The molecule has 0 N–H and O–H groups in total. The van der Waals surface area contributed by atoms with Gasteiger partial charge in [-0.2, -0.15) is 9.29 Å². The highest BCUT2D eigenvalue weighted by molar-refractivity contribution is 7.90. The first-order chi connectivity index (χ1) is 12.9. The molecule has 1 aliphatic carbocycles. The molecule has 1 saturated heterocycles. The number of hydrogen-bond donors (Lipinski definition) is 0. The third kappa shape index (κ3) is 3.84. The second-order valence-corrected chi connectivity index (χ2v) is 9.71. The molecule has 9 heteroatoms. The van der Waals surface area contributed by atoms with Gasteiger partial charge in [-0.25, -0.2) is 13.4 Å². The second kappa shape index (κ2) is 7.20. The Morgan fingerprint density at radius 2 is 2.00 bits per heavy atom. The summed E-state index contributed by atoms with van der Waals surface area (Å²) < 4.78 is 32.0. The number of pyridine rings is 1. The molecule has 2 fully saturated rings. The molecule has 0 unspecified atom stereocenters. The Morgan fingerprint density at radius 3 is 2.70 bits per heavy atom. The van der Waals surface area contributed by atoms with Crippen LogP contribution in [0.2, 0.25) is 0 Å². The zero-order valence-electron chi connectivity index (χ0n) is 15.7. The molecule has 0 radical (unpaired) electrons. The van der Waals surface area contributed by atoms with E-state index < -0.39 is 10.0 Å². The molecule has 0 bridgehead atoms. The fourth-order valence-electron chi connectivity index (χ4n) is 3.27. The van der Waals surface area contributed by atoms with E-state index in [2.05, 4.69) is 20.0 Å². The predicted molar refractivity (Wildman–Crippen MR) is 102 cm³/mol. The van der Waals surface area contributed by atoms with Crippen molar-refractivity contribution < 1.29 is 12.9 Å². The van der Waals surface area contributed by atoms with E-state index in [9.17, 15) is 8.42 Å². The molecule has 4 rings (SSSR count). The molecular formula is C18H25N5O3S. The van der Waals surface area contributed by atoms with Crippen molar-refractivity contribution in [2.75, 3.05) is 31.1 Å². The van der Waals surface area contributed by atoms with Crippen molar-refractivity contribution in [3.63, 3.8) is 0 Å². The topological polar surface area (TPSA) is 92.4 Å². The van der Waals surface area contributed by atoms with Gasteiger partial charge in [0, 0.05) is 43.9 Å². The van der Waals surface area contributed by atoms with E-state index in [0.29, 0.717) is 31.3 Å². The van der Waals surface area contributed by atoms with Gasteiger partial charge in [-0.05, 0) is 31.4 Å². The minimum Gasteiger partial charge on any atom is -0.355 e. The minimum atomic E-state index is -3.12. The number of aromatic nitrogens is 3. The van der Waals surface area contributed by atoms with Crippen LogP contribution in [0, 0.1) is 0 Å². The number of nitrogens with zero attached hydrogens (tertiary/aromatic N) is 5. The van der Waals surface area contributed by atoms with Gasteiger partial charge >= 0.3 is 0 Å². The summed E-state index contributed by atoms with van der Waals surface area (Å²) >= 11 is 0. The molecule has 2 aliphatic rings. The van der Waals surface area contributed by atoms with Crippen LogP contribution in [0.1, 0.15) is 44.9 Å². The predicted octanol–water partition coefficient (Wildman–Crippen LogP) is 2.26. The first-order valence-electron chi connectivity index (χ1n) is 9.49. The Kier molecular flexibility index (Phi) is 4.90. The van der Waals surface area contributed by atoms with Crippen molar-refractivity contribution in [2.24, 2.45) is 0 Å². The molecule has 2 aromatic rings. The molecule has 2 aromatic heterocycles. The second-order valence-electron chi connectivity index (χ2n) is 7.50. The molecule has 0 amide bonds. The van der Waals surface area contributed by atoms with Gasteiger partial charge < -0.3 is 9.42 Å². The van der Waals surface area contributed by atoms with Gasteiger partial charge in [0.25, 0.3) is 5.89 Å².